The summed E-state index contributed by atoms with van der Waals surface area (Å²) in [7, 11) is -3.64. The standard InChI is InChI=1S/C23H22N6O3S.CH4/c1-16(30)17-2-5-20(6-3-17)33(31,32)29-10-8-28(9-11-29)23-21-12-18(19-13-26-27-14-19)4-7-22(21)24-15-25-23;/h2-7,12-15H,8-11H2,1H3,(H,26,27);1H4. The van der Waals surface area contributed by atoms with E-state index in [-0.39, 0.29) is 18.1 Å². The SMILES string of the molecule is C.CC(=O)c1ccc(S(=O)(=O)N2CCN(c3ncnc4ccc(-c5cn[nH]c5)cc34)CC2)cc1. The third-order valence-electron chi connectivity index (χ3n) is 5.88. The lowest BCUT2D eigenvalue weighted by atomic mass is 10.1. The zero-order valence-corrected chi connectivity index (χ0v) is 18.8. The van der Waals surface area contributed by atoms with Crippen molar-refractivity contribution in [1.29, 1.82) is 0 Å². The number of ketones is 1. The summed E-state index contributed by atoms with van der Waals surface area (Å²) in [4.78, 5) is 22.7. The fourth-order valence-electron chi connectivity index (χ4n) is 4.03. The number of aromatic nitrogens is 4. The first kappa shape index (κ1) is 23.5. The van der Waals surface area contributed by atoms with Crippen molar-refractivity contribution in [3.63, 3.8) is 0 Å². The van der Waals surface area contributed by atoms with Gasteiger partial charge in [0.15, 0.2) is 5.78 Å². The van der Waals surface area contributed by atoms with E-state index in [1.165, 1.54) is 29.7 Å². The summed E-state index contributed by atoms with van der Waals surface area (Å²) in [5, 5.41) is 7.75. The average Bonchev–Trinajstić information content (AvgIpc) is 3.38. The first-order valence-electron chi connectivity index (χ1n) is 10.5. The molecule has 2 aromatic heterocycles. The molecule has 0 unspecified atom stereocenters. The van der Waals surface area contributed by atoms with Gasteiger partial charge in [-0.15, -0.1) is 0 Å². The number of Topliss-reactive ketones (excluding diaryl/α,β-unsaturated/α-hetero) is 1. The number of benzene rings is 2. The van der Waals surface area contributed by atoms with Gasteiger partial charge in [-0.3, -0.25) is 9.89 Å². The average molecular weight is 479 g/mol. The smallest absolute Gasteiger partial charge is 0.243 e. The van der Waals surface area contributed by atoms with E-state index in [0.29, 0.717) is 31.7 Å². The van der Waals surface area contributed by atoms with Gasteiger partial charge < -0.3 is 4.90 Å². The number of H-pyrrole nitrogens is 1. The molecule has 0 aliphatic carbocycles. The zero-order valence-electron chi connectivity index (χ0n) is 18.0. The van der Waals surface area contributed by atoms with Gasteiger partial charge in [-0.2, -0.15) is 9.40 Å². The molecule has 9 nitrogen and oxygen atoms in total. The molecule has 0 amide bonds. The maximum absolute atomic E-state index is 13.1. The van der Waals surface area contributed by atoms with Gasteiger partial charge in [0.1, 0.15) is 12.1 Å². The van der Waals surface area contributed by atoms with Crippen molar-refractivity contribution >= 4 is 32.5 Å². The number of hydrogen-bond donors (Lipinski definition) is 1. The molecular formula is C24H26N6O3S. The van der Waals surface area contributed by atoms with Crippen LogP contribution in [0.5, 0.6) is 0 Å². The number of carbonyl (C=O) groups excluding carboxylic acids is 1. The van der Waals surface area contributed by atoms with Crippen LogP contribution in [0.15, 0.2) is 66.1 Å². The van der Waals surface area contributed by atoms with Crippen LogP contribution in [-0.4, -0.2) is 64.9 Å². The van der Waals surface area contributed by atoms with Crippen molar-refractivity contribution in [2.45, 2.75) is 19.2 Å². The molecule has 0 saturated carbocycles. The molecule has 176 valence electrons. The number of nitrogens with one attached hydrogen (secondary N) is 1. The van der Waals surface area contributed by atoms with Gasteiger partial charge >= 0.3 is 0 Å². The molecule has 0 radical (unpaired) electrons. The molecule has 1 saturated heterocycles. The van der Waals surface area contributed by atoms with E-state index in [4.69, 9.17) is 0 Å². The maximum atomic E-state index is 13.1. The first-order chi connectivity index (χ1) is 15.9. The topological polar surface area (TPSA) is 112 Å². The summed E-state index contributed by atoms with van der Waals surface area (Å²) in [5.41, 5.74) is 3.29. The van der Waals surface area contributed by atoms with E-state index < -0.39 is 10.0 Å². The monoisotopic (exact) mass is 478 g/mol. The van der Waals surface area contributed by atoms with Crippen molar-refractivity contribution in [2.24, 2.45) is 0 Å². The minimum absolute atomic E-state index is 0. The number of anilines is 1. The predicted molar refractivity (Wildman–Crippen MR) is 131 cm³/mol. The number of aromatic amines is 1. The van der Waals surface area contributed by atoms with E-state index in [0.717, 1.165) is 27.8 Å². The Morgan fingerprint density at radius 2 is 1.71 bits per heavy atom. The summed E-state index contributed by atoms with van der Waals surface area (Å²) in [6, 6.07) is 12.1. The number of piperazine rings is 1. The summed E-state index contributed by atoms with van der Waals surface area (Å²) in [5.74, 6) is 0.689. The summed E-state index contributed by atoms with van der Waals surface area (Å²) >= 11 is 0. The molecule has 0 bridgehead atoms. The fraction of sp³-hybridized carbons (Fsp3) is 0.250. The van der Waals surface area contributed by atoms with Gasteiger partial charge in [-0.1, -0.05) is 25.6 Å². The van der Waals surface area contributed by atoms with Gasteiger partial charge in [0.25, 0.3) is 0 Å². The van der Waals surface area contributed by atoms with Gasteiger partial charge in [0.2, 0.25) is 10.0 Å². The molecule has 1 N–H and O–H groups in total. The Hall–Kier alpha value is -3.63. The van der Waals surface area contributed by atoms with Crippen molar-refractivity contribution in [3.05, 3.63) is 66.7 Å². The van der Waals surface area contributed by atoms with Gasteiger partial charge in [0, 0.05) is 48.9 Å². The molecule has 1 aliphatic heterocycles. The molecular weight excluding hydrogens is 452 g/mol. The summed E-state index contributed by atoms with van der Waals surface area (Å²) in [6.07, 6.45) is 5.13. The van der Waals surface area contributed by atoms with Crippen LogP contribution in [0.2, 0.25) is 0 Å². The molecule has 4 aromatic rings. The summed E-state index contributed by atoms with van der Waals surface area (Å²) in [6.45, 7) is 3.14. The Morgan fingerprint density at radius 3 is 2.35 bits per heavy atom. The Balaban J connectivity index is 0.00000274. The van der Waals surface area contributed by atoms with Gasteiger partial charge in [-0.05, 0) is 36.8 Å². The molecule has 5 rings (SSSR count). The lowest BCUT2D eigenvalue weighted by molar-refractivity contribution is 0.101. The minimum Gasteiger partial charge on any atom is -0.353 e. The molecule has 0 atom stereocenters. The van der Waals surface area contributed by atoms with Crippen molar-refractivity contribution in [1.82, 2.24) is 24.5 Å². The number of sulfonamides is 1. The molecule has 34 heavy (non-hydrogen) atoms. The largest absolute Gasteiger partial charge is 0.353 e. The highest BCUT2D eigenvalue weighted by molar-refractivity contribution is 7.89. The number of carbonyl (C=O) groups is 1. The van der Waals surface area contributed by atoms with E-state index in [1.54, 1.807) is 18.3 Å². The summed E-state index contributed by atoms with van der Waals surface area (Å²) < 4.78 is 27.7. The number of rotatable bonds is 5. The molecule has 1 aliphatic rings. The first-order valence-corrected chi connectivity index (χ1v) is 12.0. The number of fused-ring (bicyclic) bond motifs is 1. The second-order valence-electron chi connectivity index (χ2n) is 7.89. The highest BCUT2D eigenvalue weighted by atomic mass is 32.2. The van der Waals surface area contributed by atoms with E-state index in [1.807, 2.05) is 24.4 Å². The van der Waals surface area contributed by atoms with Gasteiger partial charge in [-0.25, -0.2) is 18.4 Å². The second kappa shape index (κ2) is 9.32. The Bertz CT molecular complexity index is 1410. The number of hydrogen-bond acceptors (Lipinski definition) is 7. The van der Waals surface area contributed by atoms with Crippen LogP contribution in [0.4, 0.5) is 5.82 Å². The highest BCUT2D eigenvalue weighted by Crippen LogP contribution is 2.29. The van der Waals surface area contributed by atoms with E-state index in [9.17, 15) is 13.2 Å². The van der Waals surface area contributed by atoms with E-state index >= 15 is 0 Å². The zero-order chi connectivity index (χ0) is 23.0. The third kappa shape index (κ3) is 4.29. The molecule has 0 spiro atoms. The Morgan fingerprint density at radius 1 is 0.971 bits per heavy atom. The predicted octanol–water partition coefficient (Wildman–Crippen LogP) is 3.37. The highest BCUT2D eigenvalue weighted by Gasteiger charge is 2.29. The van der Waals surface area contributed by atoms with E-state index in [2.05, 4.69) is 25.1 Å². The minimum atomic E-state index is -3.64. The third-order valence-corrected chi connectivity index (χ3v) is 7.80. The van der Waals surface area contributed by atoms with Crippen molar-refractivity contribution in [2.75, 3.05) is 31.1 Å². The lowest BCUT2D eigenvalue weighted by Gasteiger charge is -2.35. The van der Waals surface area contributed by atoms with Crippen molar-refractivity contribution < 1.29 is 13.2 Å². The Labute approximate surface area is 198 Å². The molecule has 1 fully saturated rings. The van der Waals surface area contributed by atoms with Crippen LogP contribution in [0, 0.1) is 0 Å². The van der Waals surface area contributed by atoms with Crippen LogP contribution in [-0.2, 0) is 10.0 Å². The van der Waals surface area contributed by atoms with Crippen LogP contribution in [0.25, 0.3) is 22.0 Å². The van der Waals surface area contributed by atoms with Crippen LogP contribution in [0.1, 0.15) is 24.7 Å². The fourth-order valence-corrected chi connectivity index (χ4v) is 5.46. The Kier molecular flexibility index (Phi) is 6.45. The quantitative estimate of drug-likeness (QED) is 0.438. The van der Waals surface area contributed by atoms with Crippen LogP contribution >= 0.6 is 0 Å². The normalized spacial score (nSPS) is 14.7. The maximum Gasteiger partial charge on any atom is 0.243 e. The van der Waals surface area contributed by atoms with Crippen LogP contribution < -0.4 is 4.90 Å². The lowest BCUT2D eigenvalue weighted by Crippen LogP contribution is -2.49. The number of nitrogens with zero attached hydrogens (tertiary/aromatic N) is 5. The second-order valence-corrected chi connectivity index (χ2v) is 9.83. The molecule has 2 aromatic carbocycles. The van der Waals surface area contributed by atoms with Crippen LogP contribution in [0.3, 0.4) is 0 Å². The van der Waals surface area contributed by atoms with Crippen molar-refractivity contribution in [3.8, 4) is 11.1 Å². The van der Waals surface area contributed by atoms with Gasteiger partial charge in [0.05, 0.1) is 16.6 Å². The molecule has 3 heterocycles. The molecule has 10 heteroatoms.